The molecule has 8 heteroatoms. The molecule has 1 heterocycles. The Morgan fingerprint density at radius 3 is 2.32 bits per heavy atom. The Hall–Kier alpha value is -1.80. The van der Waals surface area contributed by atoms with Gasteiger partial charge in [0.1, 0.15) is 5.01 Å². The van der Waals surface area contributed by atoms with E-state index >= 15 is 0 Å². The van der Waals surface area contributed by atoms with Gasteiger partial charge in [-0.1, -0.05) is 48.0 Å². The SMILES string of the molecule is Cc1cc(NC(=O)CCC(=O)Nc2nnc(C(C)(C)C)s2)ccc1Br. The fraction of sp³-hybridized carbons (Fsp3) is 0.412. The van der Waals surface area contributed by atoms with Crippen LogP contribution in [0, 0.1) is 6.92 Å². The maximum absolute atomic E-state index is 12.0. The first kappa shape index (κ1) is 19.5. The highest BCUT2D eigenvalue weighted by Crippen LogP contribution is 2.27. The van der Waals surface area contributed by atoms with Gasteiger partial charge >= 0.3 is 0 Å². The van der Waals surface area contributed by atoms with Gasteiger partial charge in [-0.15, -0.1) is 10.2 Å². The number of hydrogen-bond acceptors (Lipinski definition) is 5. The summed E-state index contributed by atoms with van der Waals surface area (Å²) in [6.45, 7) is 8.05. The van der Waals surface area contributed by atoms with Crippen LogP contribution in [0.3, 0.4) is 0 Å². The van der Waals surface area contributed by atoms with Gasteiger partial charge in [-0.3, -0.25) is 9.59 Å². The van der Waals surface area contributed by atoms with Crippen LogP contribution in [0.25, 0.3) is 0 Å². The number of aryl methyl sites for hydroxylation is 1. The molecule has 0 fully saturated rings. The van der Waals surface area contributed by atoms with Gasteiger partial charge in [0.25, 0.3) is 0 Å². The van der Waals surface area contributed by atoms with Gasteiger partial charge in [0, 0.05) is 28.4 Å². The van der Waals surface area contributed by atoms with Gasteiger partial charge in [0.05, 0.1) is 0 Å². The summed E-state index contributed by atoms with van der Waals surface area (Å²) in [5.41, 5.74) is 1.63. The van der Waals surface area contributed by atoms with Gasteiger partial charge in [-0.05, 0) is 30.7 Å². The molecule has 0 saturated carbocycles. The number of carbonyl (C=O) groups excluding carboxylic acids is 2. The van der Waals surface area contributed by atoms with Gasteiger partial charge in [-0.25, -0.2) is 0 Å². The summed E-state index contributed by atoms with van der Waals surface area (Å²) in [7, 11) is 0. The smallest absolute Gasteiger partial charge is 0.226 e. The van der Waals surface area contributed by atoms with Crippen molar-refractivity contribution in [2.24, 2.45) is 0 Å². The van der Waals surface area contributed by atoms with Crippen molar-refractivity contribution in [1.82, 2.24) is 10.2 Å². The number of benzene rings is 1. The third-order valence-electron chi connectivity index (χ3n) is 3.33. The minimum absolute atomic E-state index is 0.0891. The predicted molar refractivity (Wildman–Crippen MR) is 104 cm³/mol. The third kappa shape index (κ3) is 5.89. The van der Waals surface area contributed by atoms with Crippen LogP contribution in [0.2, 0.25) is 0 Å². The zero-order chi connectivity index (χ0) is 18.6. The van der Waals surface area contributed by atoms with Gasteiger partial charge in [0.15, 0.2) is 0 Å². The average Bonchev–Trinajstić information content (AvgIpc) is 2.98. The fourth-order valence-corrected chi connectivity index (χ4v) is 3.00. The Labute approximate surface area is 159 Å². The molecule has 0 aliphatic rings. The van der Waals surface area contributed by atoms with Crippen LogP contribution >= 0.6 is 27.3 Å². The normalized spacial score (nSPS) is 11.2. The van der Waals surface area contributed by atoms with Crippen molar-refractivity contribution in [2.75, 3.05) is 10.6 Å². The molecule has 0 unspecified atom stereocenters. The highest BCUT2D eigenvalue weighted by atomic mass is 79.9. The second-order valence-corrected chi connectivity index (χ2v) is 8.55. The number of hydrogen-bond donors (Lipinski definition) is 2. The molecule has 2 aromatic rings. The molecule has 25 heavy (non-hydrogen) atoms. The lowest BCUT2D eigenvalue weighted by molar-refractivity contribution is -0.121. The summed E-state index contributed by atoms with van der Waals surface area (Å²) in [5, 5.41) is 14.8. The molecule has 2 amide bonds. The third-order valence-corrected chi connectivity index (χ3v) is 5.49. The molecule has 1 aromatic heterocycles. The van der Waals surface area contributed by atoms with Crippen molar-refractivity contribution in [3.8, 4) is 0 Å². The van der Waals surface area contributed by atoms with E-state index in [1.165, 1.54) is 11.3 Å². The number of nitrogens with zero attached hydrogens (tertiary/aromatic N) is 2. The summed E-state index contributed by atoms with van der Waals surface area (Å²) < 4.78 is 0.983. The standard InChI is InChI=1S/C17H21BrN4O2S/c1-10-9-11(5-6-12(10)18)19-13(23)7-8-14(24)20-16-22-21-15(25-16)17(2,3)4/h5-6,9H,7-8H2,1-4H3,(H,19,23)(H,20,22,24). The minimum atomic E-state index is -0.251. The predicted octanol–water partition coefficient (Wildman–Crippen LogP) is 4.26. The molecule has 0 saturated heterocycles. The van der Waals surface area contributed by atoms with Crippen LogP contribution in [0.5, 0.6) is 0 Å². The second kappa shape index (κ2) is 8.05. The first-order chi connectivity index (χ1) is 11.6. The van der Waals surface area contributed by atoms with Gasteiger partial charge < -0.3 is 10.6 Å². The van der Waals surface area contributed by atoms with E-state index in [1.54, 1.807) is 0 Å². The Morgan fingerprint density at radius 1 is 1.12 bits per heavy atom. The Morgan fingerprint density at radius 2 is 1.76 bits per heavy atom. The van der Waals surface area contributed by atoms with Crippen molar-refractivity contribution in [2.45, 2.75) is 46.0 Å². The zero-order valence-corrected chi connectivity index (χ0v) is 17.0. The molecule has 1 aromatic carbocycles. The molecular formula is C17H21BrN4O2S. The van der Waals surface area contributed by atoms with E-state index < -0.39 is 0 Å². The Bertz CT molecular complexity index is 783. The molecule has 2 N–H and O–H groups in total. The van der Waals surface area contributed by atoms with E-state index in [4.69, 9.17) is 0 Å². The topological polar surface area (TPSA) is 84.0 Å². The Balaban J connectivity index is 1.82. The van der Waals surface area contributed by atoms with E-state index in [0.29, 0.717) is 10.8 Å². The van der Waals surface area contributed by atoms with E-state index in [0.717, 1.165) is 15.0 Å². The first-order valence-electron chi connectivity index (χ1n) is 7.85. The van der Waals surface area contributed by atoms with E-state index in [-0.39, 0.29) is 30.1 Å². The molecule has 2 rings (SSSR count). The van der Waals surface area contributed by atoms with Crippen LogP contribution in [0.1, 0.15) is 44.2 Å². The summed E-state index contributed by atoms with van der Waals surface area (Å²) in [5.74, 6) is -0.455. The van der Waals surface area contributed by atoms with Crippen LogP contribution in [-0.2, 0) is 15.0 Å². The quantitative estimate of drug-likeness (QED) is 0.750. The monoisotopic (exact) mass is 424 g/mol. The maximum atomic E-state index is 12.0. The van der Waals surface area contributed by atoms with Gasteiger partial charge in [-0.2, -0.15) is 0 Å². The second-order valence-electron chi connectivity index (χ2n) is 6.72. The molecule has 0 spiro atoms. The van der Waals surface area contributed by atoms with Crippen LogP contribution in [0.4, 0.5) is 10.8 Å². The highest BCUT2D eigenvalue weighted by Gasteiger charge is 2.20. The highest BCUT2D eigenvalue weighted by molar-refractivity contribution is 9.10. The molecule has 6 nitrogen and oxygen atoms in total. The number of anilines is 2. The van der Waals surface area contributed by atoms with Crippen molar-refractivity contribution in [1.29, 1.82) is 0 Å². The van der Waals surface area contributed by atoms with Crippen LogP contribution in [-0.4, -0.2) is 22.0 Å². The van der Waals surface area contributed by atoms with E-state index in [1.807, 2.05) is 45.9 Å². The lowest BCUT2D eigenvalue weighted by atomic mass is 9.98. The first-order valence-corrected chi connectivity index (χ1v) is 9.46. The van der Waals surface area contributed by atoms with Gasteiger partial charge in [0.2, 0.25) is 16.9 Å². The summed E-state index contributed by atoms with van der Waals surface area (Å²) in [6.07, 6.45) is 0.192. The summed E-state index contributed by atoms with van der Waals surface area (Å²) >= 11 is 4.76. The molecule has 0 radical (unpaired) electrons. The minimum Gasteiger partial charge on any atom is -0.326 e. The number of rotatable bonds is 5. The largest absolute Gasteiger partial charge is 0.326 e. The van der Waals surface area contributed by atoms with E-state index in [9.17, 15) is 9.59 Å². The molecule has 0 aliphatic heterocycles. The van der Waals surface area contributed by atoms with Crippen molar-refractivity contribution in [3.05, 3.63) is 33.2 Å². The fourth-order valence-electron chi connectivity index (χ4n) is 1.93. The van der Waals surface area contributed by atoms with Crippen LogP contribution < -0.4 is 10.6 Å². The number of nitrogens with one attached hydrogen (secondary N) is 2. The maximum Gasteiger partial charge on any atom is 0.226 e. The molecule has 0 atom stereocenters. The number of aromatic nitrogens is 2. The lowest BCUT2D eigenvalue weighted by Gasteiger charge is -2.12. The lowest BCUT2D eigenvalue weighted by Crippen LogP contribution is -2.17. The zero-order valence-electron chi connectivity index (χ0n) is 14.6. The van der Waals surface area contributed by atoms with Crippen LogP contribution in [0.15, 0.2) is 22.7 Å². The summed E-state index contributed by atoms with van der Waals surface area (Å²) in [6, 6.07) is 5.56. The average molecular weight is 425 g/mol. The van der Waals surface area contributed by atoms with Crippen molar-refractivity contribution >= 4 is 49.9 Å². The number of halogens is 1. The molecule has 0 bridgehead atoms. The van der Waals surface area contributed by atoms with Crippen molar-refractivity contribution < 1.29 is 9.59 Å². The molecular weight excluding hydrogens is 404 g/mol. The van der Waals surface area contributed by atoms with Crippen molar-refractivity contribution in [3.63, 3.8) is 0 Å². The number of carbonyl (C=O) groups is 2. The van der Waals surface area contributed by atoms with E-state index in [2.05, 4.69) is 36.8 Å². The Kier molecular flexibility index (Phi) is 6.29. The number of amides is 2. The molecule has 0 aliphatic carbocycles. The molecule has 134 valence electrons. The summed E-state index contributed by atoms with van der Waals surface area (Å²) in [4.78, 5) is 23.9.